The Morgan fingerprint density at radius 2 is 2.08 bits per heavy atom. The summed E-state index contributed by atoms with van der Waals surface area (Å²) in [4.78, 5) is 24.0. The van der Waals surface area contributed by atoms with E-state index in [0.717, 1.165) is 25.6 Å². The molecule has 3 aliphatic heterocycles. The van der Waals surface area contributed by atoms with Crippen LogP contribution in [0.2, 0.25) is 0 Å². The Hall–Kier alpha value is -3.51. The Bertz CT molecular complexity index is 1450. The lowest BCUT2D eigenvalue weighted by Crippen LogP contribution is -2.55. The highest BCUT2D eigenvalue weighted by Gasteiger charge is 2.43. The number of aromatic nitrogens is 5. The summed E-state index contributed by atoms with van der Waals surface area (Å²) < 4.78 is 23.1. The molecule has 3 aliphatic rings. The average Bonchev–Trinajstić information content (AvgIpc) is 3.43. The zero-order valence-corrected chi connectivity index (χ0v) is 22.0. The predicted octanol–water partition coefficient (Wildman–Crippen LogP) is 2.66. The lowest BCUT2D eigenvalue weighted by molar-refractivity contribution is 0.00200. The Morgan fingerprint density at radius 1 is 1.26 bits per heavy atom. The number of ether oxygens (including phenoxy) is 1. The van der Waals surface area contributed by atoms with Gasteiger partial charge in [0.25, 0.3) is 0 Å². The molecule has 0 radical (unpaired) electrons. The molecule has 0 saturated carbocycles. The topological polar surface area (TPSA) is 122 Å². The number of piperidine rings is 1. The predicted molar refractivity (Wildman–Crippen MR) is 140 cm³/mol. The third kappa shape index (κ3) is 4.21. The normalized spacial score (nSPS) is 26.1. The number of nitrogens with zero attached hydrogens (tertiary/aromatic N) is 6. The second-order valence-corrected chi connectivity index (χ2v) is 11.4. The van der Waals surface area contributed by atoms with Gasteiger partial charge < -0.3 is 20.5 Å². The maximum atomic E-state index is 14.8. The van der Waals surface area contributed by atoms with Crippen molar-refractivity contribution in [2.45, 2.75) is 69.7 Å². The molecule has 2 fully saturated rings. The zero-order valence-electron chi connectivity index (χ0n) is 22.0. The van der Waals surface area contributed by atoms with Crippen molar-refractivity contribution >= 4 is 17.5 Å². The summed E-state index contributed by atoms with van der Waals surface area (Å²) in [5, 5.41) is 21.5. The minimum absolute atomic E-state index is 0.0411. The van der Waals surface area contributed by atoms with Gasteiger partial charge in [-0.25, -0.2) is 23.4 Å². The maximum Gasteiger partial charge on any atom is 0.350 e. The lowest BCUT2D eigenvalue weighted by Gasteiger charge is -2.47. The number of aliphatic hydroxyl groups is 1. The van der Waals surface area contributed by atoms with E-state index in [9.17, 15) is 14.3 Å². The van der Waals surface area contributed by atoms with Gasteiger partial charge in [-0.2, -0.15) is 10.1 Å². The second kappa shape index (κ2) is 8.77. The van der Waals surface area contributed by atoms with Gasteiger partial charge in [0, 0.05) is 30.4 Å². The van der Waals surface area contributed by atoms with Gasteiger partial charge in [0.2, 0.25) is 5.95 Å². The molecule has 3 unspecified atom stereocenters. The van der Waals surface area contributed by atoms with Crippen LogP contribution in [0.1, 0.15) is 52.3 Å². The van der Waals surface area contributed by atoms with Crippen LogP contribution in [-0.4, -0.2) is 65.1 Å². The minimum Gasteiger partial charge on any atom is -0.488 e. The first kappa shape index (κ1) is 24.8. The number of nitrogens with one attached hydrogen (secondary N) is 2. The van der Waals surface area contributed by atoms with Crippen molar-refractivity contribution in [1.29, 1.82) is 0 Å². The molecule has 0 spiro atoms. The molecule has 12 heteroatoms. The summed E-state index contributed by atoms with van der Waals surface area (Å²) in [6.07, 6.45) is 5.37. The molecular formula is C26H33FN8O3. The first-order valence-electron chi connectivity index (χ1n) is 13.0. The molecule has 6 rings (SSSR count). The van der Waals surface area contributed by atoms with Crippen molar-refractivity contribution in [2.24, 2.45) is 7.05 Å². The highest BCUT2D eigenvalue weighted by Crippen LogP contribution is 2.39. The van der Waals surface area contributed by atoms with E-state index in [0.29, 0.717) is 23.2 Å². The Balaban J connectivity index is 1.27. The molecule has 11 nitrogen and oxygen atoms in total. The van der Waals surface area contributed by atoms with Crippen LogP contribution in [0.15, 0.2) is 29.2 Å². The van der Waals surface area contributed by atoms with E-state index in [4.69, 9.17) is 4.74 Å². The average molecular weight is 525 g/mol. The molecular weight excluding hydrogens is 491 g/mol. The fourth-order valence-electron chi connectivity index (χ4n) is 6.18. The number of aryl methyl sites for hydroxylation is 1. The van der Waals surface area contributed by atoms with Crippen LogP contribution >= 0.6 is 0 Å². The van der Waals surface area contributed by atoms with Crippen LogP contribution in [-0.2, 0) is 12.6 Å². The maximum absolute atomic E-state index is 14.8. The van der Waals surface area contributed by atoms with Gasteiger partial charge in [-0.3, -0.25) is 4.90 Å². The van der Waals surface area contributed by atoms with Crippen LogP contribution < -0.4 is 21.1 Å². The summed E-state index contributed by atoms with van der Waals surface area (Å²) >= 11 is 0. The molecule has 202 valence electrons. The van der Waals surface area contributed by atoms with Crippen molar-refractivity contribution in [1.82, 2.24) is 29.2 Å². The van der Waals surface area contributed by atoms with E-state index in [1.165, 1.54) is 29.1 Å². The summed E-state index contributed by atoms with van der Waals surface area (Å²) in [5.41, 5.74) is -0.846. The number of halogens is 1. The molecule has 2 aromatic heterocycles. The van der Waals surface area contributed by atoms with E-state index < -0.39 is 17.1 Å². The monoisotopic (exact) mass is 524 g/mol. The SMILES string of the molecule is Cn1nc2n(c1=O)-c1cc(Nc3ncc(F)c(NC4CC5CCCN5C(C)(C)C4)n3)ccc1OCC2(C)O. The smallest absolute Gasteiger partial charge is 0.350 e. The van der Waals surface area contributed by atoms with Gasteiger partial charge in [0.05, 0.1) is 11.9 Å². The molecule has 38 heavy (non-hydrogen) atoms. The van der Waals surface area contributed by atoms with Crippen LogP contribution in [0, 0.1) is 5.82 Å². The Kier molecular flexibility index (Phi) is 5.72. The highest BCUT2D eigenvalue weighted by atomic mass is 19.1. The van der Waals surface area contributed by atoms with Crippen molar-refractivity contribution < 1.29 is 14.2 Å². The van der Waals surface area contributed by atoms with Crippen molar-refractivity contribution in [3.8, 4) is 11.4 Å². The van der Waals surface area contributed by atoms with Crippen molar-refractivity contribution in [3.63, 3.8) is 0 Å². The number of benzene rings is 1. The number of anilines is 3. The summed E-state index contributed by atoms with van der Waals surface area (Å²) in [6.45, 7) is 7.12. The standard InChI is InChI=1S/C26H33FN8O3/c1-25(2)12-16(10-17-6-5-9-34(17)25)29-21-18(27)13-28-23(31-21)30-15-7-8-20-19(11-15)35-22(26(3,37)14-38-20)32-33(4)24(35)36/h7-8,11,13,16-17,37H,5-6,9-10,12,14H2,1-4H3,(H2,28,29,30,31). The first-order chi connectivity index (χ1) is 18.0. The highest BCUT2D eigenvalue weighted by molar-refractivity contribution is 5.63. The lowest BCUT2D eigenvalue weighted by atomic mass is 9.84. The Labute approximate surface area is 219 Å². The van der Waals surface area contributed by atoms with E-state index >= 15 is 0 Å². The molecule has 0 bridgehead atoms. The van der Waals surface area contributed by atoms with Crippen LogP contribution in [0.5, 0.6) is 5.75 Å². The third-order valence-electron chi connectivity index (χ3n) is 7.91. The largest absolute Gasteiger partial charge is 0.488 e. The van der Waals surface area contributed by atoms with E-state index in [-0.39, 0.29) is 35.8 Å². The molecule has 3 atom stereocenters. The molecule has 3 N–H and O–H groups in total. The van der Waals surface area contributed by atoms with Crippen molar-refractivity contribution in [2.75, 3.05) is 23.8 Å². The first-order valence-corrected chi connectivity index (χ1v) is 13.0. The fourth-order valence-corrected chi connectivity index (χ4v) is 6.18. The fraction of sp³-hybridized carbons (Fsp3) is 0.538. The van der Waals surface area contributed by atoms with Gasteiger partial charge in [0.1, 0.15) is 12.4 Å². The van der Waals surface area contributed by atoms with Gasteiger partial charge in [-0.1, -0.05) is 0 Å². The van der Waals surface area contributed by atoms with E-state index in [2.05, 4.69) is 44.4 Å². The van der Waals surface area contributed by atoms with Crippen LogP contribution in [0.3, 0.4) is 0 Å². The zero-order chi connectivity index (χ0) is 26.8. The molecule has 2 saturated heterocycles. The van der Waals surface area contributed by atoms with E-state index in [1.807, 2.05) is 0 Å². The number of hydrogen-bond acceptors (Lipinski definition) is 9. The van der Waals surface area contributed by atoms with Crippen molar-refractivity contribution in [3.05, 3.63) is 46.5 Å². The van der Waals surface area contributed by atoms with E-state index in [1.54, 1.807) is 25.1 Å². The summed E-state index contributed by atoms with van der Waals surface area (Å²) in [6, 6.07) is 5.75. The van der Waals surface area contributed by atoms with Gasteiger partial charge in [-0.15, -0.1) is 0 Å². The minimum atomic E-state index is -1.46. The molecule has 0 aliphatic carbocycles. The third-order valence-corrected chi connectivity index (χ3v) is 7.91. The molecule has 1 aromatic carbocycles. The number of fused-ring (bicyclic) bond motifs is 4. The van der Waals surface area contributed by atoms with Crippen LogP contribution in [0.4, 0.5) is 21.8 Å². The Morgan fingerprint density at radius 3 is 2.89 bits per heavy atom. The number of rotatable bonds is 4. The summed E-state index contributed by atoms with van der Waals surface area (Å²) in [5.74, 6) is 0.474. The van der Waals surface area contributed by atoms with Crippen LogP contribution in [0.25, 0.3) is 5.69 Å². The van der Waals surface area contributed by atoms with Gasteiger partial charge >= 0.3 is 5.69 Å². The van der Waals surface area contributed by atoms with Gasteiger partial charge in [-0.05, 0) is 71.2 Å². The molecule has 3 aromatic rings. The molecule has 0 amide bonds. The molecule has 5 heterocycles. The summed E-state index contributed by atoms with van der Waals surface area (Å²) in [7, 11) is 1.53. The second-order valence-electron chi connectivity index (χ2n) is 11.4. The number of hydrogen-bond donors (Lipinski definition) is 3. The van der Waals surface area contributed by atoms with Gasteiger partial charge in [0.15, 0.2) is 23.1 Å². The quantitative estimate of drug-likeness (QED) is 0.473.